The van der Waals surface area contributed by atoms with Crippen LogP contribution in [0.5, 0.6) is 0 Å². The van der Waals surface area contributed by atoms with Crippen molar-refractivity contribution >= 4 is 15.9 Å². The molecule has 0 saturated carbocycles. The summed E-state index contributed by atoms with van der Waals surface area (Å²) >= 11 is 3.46. The number of nitrogens with two attached hydrogens (primary N) is 1. The minimum Gasteiger partial charge on any atom is -0.330 e. The van der Waals surface area contributed by atoms with Crippen LogP contribution >= 0.6 is 15.9 Å². The van der Waals surface area contributed by atoms with Gasteiger partial charge in [-0.3, -0.25) is 0 Å². The average Bonchev–Trinajstić information content (AvgIpc) is 2.81. The van der Waals surface area contributed by atoms with Gasteiger partial charge in [0.05, 0.1) is 0 Å². The van der Waals surface area contributed by atoms with Crippen molar-refractivity contribution in [3.05, 3.63) is 69.4 Å². The van der Waals surface area contributed by atoms with E-state index in [9.17, 15) is 4.39 Å². The van der Waals surface area contributed by atoms with E-state index in [0.29, 0.717) is 6.54 Å². The molecule has 20 heavy (non-hydrogen) atoms. The summed E-state index contributed by atoms with van der Waals surface area (Å²) < 4.78 is 14.0. The molecule has 0 saturated heterocycles. The van der Waals surface area contributed by atoms with Gasteiger partial charge in [0.1, 0.15) is 5.82 Å². The van der Waals surface area contributed by atoms with E-state index in [1.54, 1.807) is 0 Å². The first-order chi connectivity index (χ1) is 9.62. The minimum absolute atomic E-state index is 0.0596. The lowest BCUT2D eigenvalue weighted by Crippen LogP contribution is -2.33. The quantitative estimate of drug-likeness (QED) is 0.906. The van der Waals surface area contributed by atoms with Crippen molar-refractivity contribution in [2.45, 2.75) is 19.3 Å². The van der Waals surface area contributed by atoms with Crippen LogP contribution in [0.25, 0.3) is 0 Å². The number of rotatable bonds is 3. The largest absolute Gasteiger partial charge is 0.330 e. The smallest absolute Gasteiger partial charge is 0.124 e. The summed E-state index contributed by atoms with van der Waals surface area (Å²) in [4.78, 5) is 0. The number of hydrogen-bond donors (Lipinski definition) is 1. The zero-order chi connectivity index (χ0) is 14.2. The normalized spacial score (nSPS) is 16.1. The molecule has 1 nitrogen and oxygen atoms in total. The van der Waals surface area contributed by atoms with Crippen LogP contribution in [0, 0.1) is 11.2 Å². The van der Waals surface area contributed by atoms with E-state index in [-0.39, 0.29) is 11.2 Å². The maximum absolute atomic E-state index is 13.2. The summed E-state index contributed by atoms with van der Waals surface area (Å²) in [5, 5.41) is 0. The molecule has 3 rings (SSSR count). The van der Waals surface area contributed by atoms with E-state index >= 15 is 0 Å². The van der Waals surface area contributed by atoms with Gasteiger partial charge < -0.3 is 5.73 Å². The summed E-state index contributed by atoms with van der Waals surface area (Å²) in [7, 11) is 0. The molecule has 0 aromatic heterocycles. The number of fused-ring (bicyclic) bond motifs is 1. The minimum atomic E-state index is -0.211. The Labute approximate surface area is 127 Å². The van der Waals surface area contributed by atoms with Crippen molar-refractivity contribution in [1.29, 1.82) is 0 Å². The molecule has 3 heteroatoms. The molecule has 0 spiro atoms. The van der Waals surface area contributed by atoms with Crippen LogP contribution in [-0.2, 0) is 19.3 Å². The second kappa shape index (κ2) is 5.30. The van der Waals surface area contributed by atoms with Gasteiger partial charge in [-0.15, -0.1) is 0 Å². The number of benzene rings is 2. The Morgan fingerprint density at radius 1 is 1.10 bits per heavy atom. The van der Waals surface area contributed by atoms with Crippen LogP contribution in [0.3, 0.4) is 0 Å². The molecular formula is C17H17BrFN. The molecule has 0 bridgehead atoms. The molecule has 1 aliphatic rings. The second-order valence-electron chi connectivity index (χ2n) is 5.74. The van der Waals surface area contributed by atoms with Crippen LogP contribution in [0.1, 0.15) is 16.7 Å². The fourth-order valence-corrected chi connectivity index (χ4v) is 3.67. The van der Waals surface area contributed by atoms with Crippen LogP contribution in [0.2, 0.25) is 0 Å². The Kier molecular flexibility index (Phi) is 3.65. The monoisotopic (exact) mass is 333 g/mol. The standard InChI is InChI=1S/C17H17BrFN/c18-16-7-15(19)6-5-14(16)10-17(11-20)8-12-3-1-2-4-13(12)9-17/h1-7H,8-11,20H2. The third-order valence-corrected chi connectivity index (χ3v) is 5.00. The van der Waals surface area contributed by atoms with Crippen LogP contribution in [0.15, 0.2) is 46.9 Å². The summed E-state index contributed by atoms with van der Waals surface area (Å²) in [6.07, 6.45) is 2.88. The molecule has 1 aliphatic carbocycles. The van der Waals surface area contributed by atoms with E-state index in [1.165, 1.54) is 23.3 Å². The molecule has 2 aromatic rings. The Morgan fingerprint density at radius 3 is 2.30 bits per heavy atom. The van der Waals surface area contributed by atoms with E-state index in [0.717, 1.165) is 29.3 Å². The maximum Gasteiger partial charge on any atom is 0.124 e. The highest BCUT2D eigenvalue weighted by Gasteiger charge is 2.36. The molecule has 2 N–H and O–H groups in total. The lowest BCUT2D eigenvalue weighted by molar-refractivity contribution is 0.314. The molecule has 0 radical (unpaired) electrons. The highest BCUT2D eigenvalue weighted by Crippen LogP contribution is 2.40. The average molecular weight is 334 g/mol. The van der Waals surface area contributed by atoms with Gasteiger partial charge >= 0.3 is 0 Å². The van der Waals surface area contributed by atoms with Crippen molar-refractivity contribution < 1.29 is 4.39 Å². The van der Waals surface area contributed by atoms with Gasteiger partial charge in [0, 0.05) is 4.47 Å². The summed E-state index contributed by atoms with van der Waals surface area (Å²) in [6, 6.07) is 13.4. The van der Waals surface area contributed by atoms with Gasteiger partial charge in [0.15, 0.2) is 0 Å². The van der Waals surface area contributed by atoms with Crippen molar-refractivity contribution in [3.8, 4) is 0 Å². The van der Waals surface area contributed by atoms with Gasteiger partial charge in [-0.1, -0.05) is 46.3 Å². The molecule has 0 heterocycles. The predicted octanol–water partition coefficient (Wildman–Crippen LogP) is 3.87. The van der Waals surface area contributed by atoms with Gasteiger partial charge in [-0.2, -0.15) is 0 Å². The van der Waals surface area contributed by atoms with Crippen molar-refractivity contribution in [3.63, 3.8) is 0 Å². The van der Waals surface area contributed by atoms with E-state index < -0.39 is 0 Å². The molecule has 0 amide bonds. The molecule has 0 unspecified atom stereocenters. The second-order valence-corrected chi connectivity index (χ2v) is 6.59. The topological polar surface area (TPSA) is 26.0 Å². The molecule has 2 aromatic carbocycles. The van der Waals surface area contributed by atoms with Crippen molar-refractivity contribution in [2.24, 2.45) is 11.1 Å². The highest BCUT2D eigenvalue weighted by atomic mass is 79.9. The lowest BCUT2D eigenvalue weighted by Gasteiger charge is -2.28. The predicted molar refractivity (Wildman–Crippen MR) is 83.1 cm³/mol. The number of halogens is 2. The zero-order valence-electron chi connectivity index (χ0n) is 11.2. The molecule has 0 fully saturated rings. The van der Waals surface area contributed by atoms with Gasteiger partial charge in [-0.25, -0.2) is 4.39 Å². The van der Waals surface area contributed by atoms with E-state index in [2.05, 4.69) is 40.2 Å². The van der Waals surface area contributed by atoms with Gasteiger partial charge in [0.25, 0.3) is 0 Å². The Bertz CT molecular complexity index is 614. The highest BCUT2D eigenvalue weighted by molar-refractivity contribution is 9.10. The summed E-state index contributed by atoms with van der Waals surface area (Å²) in [6.45, 7) is 0.644. The first kappa shape index (κ1) is 13.8. The van der Waals surface area contributed by atoms with Crippen molar-refractivity contribution in [1.82, 2.24) is 0 Å². The van der Waals surface area contributed by atoms with Crippen molar-refractivity contribution in [2.75, 3.05) is 6.54 Å². The first-order valence-electron chi connectivity index (χ1n) is 6.83. The molecule has 0 atom stereocenters. The Hall–Kier alpha value is -1.19. The Balaban J connectivity index is 1.89. The zero-order valence-corrected chi connectivity index (χ0v) is 12.8. The third kappa shape index (κ3) is 2.52. The summed E-state index contributed by atoms with van der Waals surface area (Å²) in [5.41, 5.74) is 10.1. The van der Waals surface area contributed by atoms with Crippen LogP contribution in [0.4, 0.5) is 4.39 Å². The third-order valence-electron chi connectivity index (χ3n) is 4.26. The molecular weight excluding hydrogens is 317 g/mol. The molecule has 104 valence electrons. The fourth-order valence-electron chi connectivity index (χ4n) is 3.18. The molecule has 0 aliphatic heterocycles. The van der Waals surface area contributed by atoms with Crippen LogP contribution < -0.4 is 5.73 Å². The lowest BCUT2D eigenvalue weighted by atomic mass is 9.79. The first-order valence-corrected chi connectivity index (χ1v) is 7.62. The summed E-state index contributed by atoms with van der Waals surface area (Å²) in [5.74, 6) is -0.211. The van der Waals surface area contributed by atoms with Gasteiger partial charge in [-0.05, 0) is 60.0 Å². The van der Waals surface area contributed by atoms with E-state index in [4.69, 9.17) is 5.73 Å². The Morgan fingerprint density at radius 2 is 1.75 bits per heavy atom. The SMILES string of the molecule is NCC1(Cc2ccc(F)cc2Br)Cc2ccccc2C1. The maximum atomic E-state index is 13.2. The van der Waals surface area contributed by atoms with E-state index in [1.807, 2.05) is 6.07 Å². The van der Waals surface area contributed by atoms with Crippen LogP contribution in [-0.4, -0.2) is 6.54 Å². The number of hydrogen-bond acceptors (Lipinski definition) is 1. The fraction of sp³-hybridized carbons (Fsp3) is 0.294. The van der Waals surface area contributed by atoms with Gasteiger partial charge in [0.2, 0.25) is 0 Å².